The fourth-order valence-electron chi connectivity index (χ4n) is 2.68. The Morgan fingerprint density at radius 1 is 1.26 bits per heavy atom. The predicted octanol–water partition coefficient (Wildman–Crippen LogP) is 4.03. The first kappa shape index (κ1) is 17.8. The minimum absolute atomic E-state index is 0.0371. The van der Waals surface area contributed by atoms with Crippen molar-refractivity contribution in [2.24, 2.45) is 5.92 Å². The summed E-state index contributed by atoms with van der Waals surface area (Å²) in [6.07, 6.45) is 3.17. The topological polar surface area (TPSA) is 50.4 Å². The van der Waals surface area contributed by atoms with Crippen LogP contribution in [0.3, 0.4) is 0 Å². The van der Waals surface area contributed by atoms with Crippen LogP contribution in [0.1, 0.15) is 58.6 Å². The maximum Gasteiger partial charge on any atom is 0.408 e. The summed E-state index contributed by atoms with van der Waals surface area (Å²) in [5.74, 6) is 0.837. The summed E-state index contributed by atoms with van der Waals surface area (Å²) in [6, 6.07) is 10.6. The summed E-state index contributed by atoms with van der Waals surface area (Å²) in [7, 11) is 0. The van der Waals surface area contributed by atoms with E-state index >= 15 is 0 Å². The summed E-state index contributed by atoms with van der Waals surface area (Å²) < 4.78 is 5.39. The molecule has 1 aromatic carbocycles. The van der Waals surface area contributed by atoms with E-state index in [0.29, 0.717) is 6.04 Å². The molecule has 128 valence electrons. The van der Waals surface area contributed by atoms with Crippen molar-refractivity contribution >= 4 is 6.09 Å². The molecule has 2 rings (SSSR count). The molecule has 0 spiro atoms. The first-order chi connectivity index (χ1) is 10.8. The average Bonchev–Trinajstić information content (AvgIpc) is 3.29. The fraction of sp³-hybridized carbons (Fsp3) is 0.632. The van der Waals surface area contributed by atoms with E-state index in [1.807, 2.05) is 51.1 Å². The van der Waals surface area contributed by atoms with E-state index in [9.17, 15) is 4.79 Å². The van der Waals surface area contributed by atoms with Gasteiger partial charge in [0.15, 0.2) is 0 Å². The maximum absolute atomic E-state index is 12.1. The molecule has 2 N–H and O–H groups in total. The lowest BCUT2D eigenvalue weighted by atomic mass is 10.0. The molecule has 0 radical (unpaired) electrons. The molecule has 1 fully saturated rings. The Hall–Kier alpha value is -1.55. The Bertz CT molecular complexity index is 492. The second-order valence-corrected chi connectivity index (χ2v) is 7.48. The van der Waals surface area contributed by atoms with Crippen LogP contribution in [-0.2, 0) is 4.74 Å². The summed E-state index contributed by atoms with van der Waals surface area (Å²) in [5.41, 5.74) is 0.628. The van der Waals surface area contributed by atoms with Gasteiger partial charge in [0.25, 0.3) is 0 Å². The molecule has 0 heterocycles. The molecule has 4 heteroatoms. The number of ether oxygens (including phenoxy) is 1. The third kappa shape index (κ3) is 6.61. The predicted molar refractivity (Wildman–Crippen MR) is 93.4 cm³/mol. The Morgan fingerprint density at radius 3 is 2.48 bits per heavy atom. The normalized spacial score (nSPS) is 17.4. The van der Waals surface area contributed by atoms with Crippen molar-refractivity contribution in [1.29, 1.82) is 0 Å². The largest absolute Gasteiger partial charge is 0.444 e. The quantitative estimate of drug-likeness (QED) is 0.798. The summed E-state index contributed by atoms with van der Waals surface area (Å²) >= 11 is 0. The number of hydrogen-bond donors (Lipinski definition) is 2. The number of nitrogens with one attached hydrogen (secondary N) is 2. The number of carbonyl (C=O) groups is 1. The van der Waals surface area contributed by atoms with Crippen LogP contribution in [0.25, 0.3) is 0 Å². The fourth-order valence-corrected chi connectivity index (χ4v) is 2.68. The van der Waals surface area contributed by atoms with Crippen molar-refractivity contribution in [3.05, 3.63) is 35.9 Å². The SMILES string of the molecule is CC(NCCC(NC(=O)OC(C)(C)C)c1ccccc1)C1CC1. The monoisotopic (exact) mass is 318 g/mol. The van der Waals surface area contributed by atoms with Gasteiger partial charge in [-0.25, -0.2) is 4.79 Å². The molecule has 2 unspecified atom stereocenters. The second-order valence-electron chi connectivity index (χ2n) is 7.48. The number of carbonyl (C=O) groups excluding carboxylic acids is 1. The highest BCUT2D eigenvalue weighted by molar-refractivity contribution is 5.68. The molecule has 2 atom stereocenters. The van der Waals surface area contributed by atoms with E-state index in [4.69, 9.17) is 4.74 Å². The van der Waals surface area contributed by atoms with Gasteiger partial charge in [-0.2, -0.15) is 0 Å². The number of benzene rings is 1. The third-order valence-corrected chi connectivity index (χ3v) is 4.12. The molecule has 1 aliphatic rings. The minimum Gasteiger partial charge on any atom is -0.444 e. The van der Waals surface area contributed by atoms with Gasteiger partial charge in [0, 0.05) is 6.04 Å². The number of rotatable bonds is 7. The van der Waals surface area contributed by atoms with Gasteiger partial charge in [-0.3, -0.25) is 0 Å². The van der Waals surface area contributed by atoms with Gasteiger partial charge in [-0.05, 0) is 65.0 Å². The van der Waals surface area contributed by atoms with Crippen LogP contribution < -0.4 is 10.6 Å². The van der Waals surface area contributed by atoms with Gasteiger partial charge in [0.1, 0.15) is 5.60 Å². The molecule has 0 saturated heterocycles. The van der Waals surface area contributed by atoms with Crippen LogP contribution in [0.5, 0.6) is 0 Å². The zero-order valence-corrected chi connectivity index (χ0v) is 14.8. The Labute approximate surface area is 140 Å². The second kappa shape index (κ2) is 7.82. The van der Waals surface area contributed by atoms with E-state index in [2.05, 4.69) is 17.6 Å². The third-order valence-electron chi connectivity index (χ3n) is 4.12. The molecule has 1 amide bonds. The van der Waals surface area contributed by atoms with Crippen molar-refractivity contribution < 1.29 is 9.53 Å². The Morgan fingerprint density at radius 2 is 1.91 bits per heavy atom. The molecule has 4 nitrogen and oxygen atoms in total. The smallest absolute Gasteiger partial charge is 0.408 e. The van der Waals surface area contributed by atoms with E-state index in [-0.39, 0.29) is 12.1 Å². The van der Waals surface area contributed by atoms with Gasteiger partial charge in [-0.1, -0.05) is 30.3 Å². The molecule has 0 bridgehead atoms. The van der Waals surface area contributed by atoms with Crippen molar-refractivity contribution in [3.8, 4) is 0 Å². The lowest BCUT2D eigenvalue weighted by molar-refractivity contribution is 0.0501. The molecular formula is C19H30N2O2. The van der Waals surface area contributed by atoms with Crippen LogP contribution in [0, 0.1) is 5.92 Å². The number of alkyl carbamates (subject to hydrolysis) is 1. The molecule has 23 heavy (non-hydrogen) atoms. The number of hydrogen-bond acceptors (Lipinski definition) is 3. The van der Waals surface area contributed by atoms with E-state index in [0.717, 1.165) is 24.4 Å². The van der Waals surface area contributed by atoms with Crippen molar-refractivity contribution in [2.45, 2.75) is 64.6 Å². The van der Waals surface area contributed by atoms with Crippen LogP contribution in [0.15, 0.2) is 30.3 Å². The molecule has 0 aromatic heterocycles. The summed E-state index contributed by atoms with van der Waals surface area (Å²) in [5, 5.41) is 6.58. The Balaban J connectivity index is 1.90. The van der Waals surface area contributed by atoms with Crippen LogP contribution in [0.4, 0.5) is 4.79 Å². The molecule has 0 aliphatic heterocycles. The van der Waals surface area contributed by atoms with Gasteiger partial charge >= 0.3 is 6.09 Å². The maximum atomic E-state index is 12.1. The molecular weight excluding hydrogens is 288 g/mol. The van der Waals surface area contributed by atoms with Gasteiger partial charge in [0.05, 0.1) is 6.04 Å². The zero-order chi connectivity index (χ0) is 16.9. The molecule has 1 saturated carbocycles. The lowest BCUT2D eigenvalue weighted by Gasteiger charge is -2.24. The van der Waals surface area contributed by atoms with Crippen LogP contribution in [0.2, 0.25) is 0 Å². The van der Waals surface area contributed by atoms with E-state index in [1.54, 1.807) is 0 Å². The van der Waals surface area contributed by atoms with Crippen molar-refractivity contribution in [1.82, 2.24) is 10.6 Å². The van der Waals surface area contributed by atoms with Crippen molar-refractivity contribution in [2.75, 3.05) is 6.54 Å². The highest BCUT2D eigenvalue weighted by Gasteiger charge is 2.27. The highest BCUT2D eigenvalue weighted by Crippen LogP contribution is 2.32. The Kier molecular flexibility index (Phi) is 6.05. The van der Waals surface area contributed by atoms with Gasteiger partial charge in [-0.15, -0.1) is 0 Å². The molecule has 1 aromatic rings. The highest BCUT2D eigenvalue weighted by atomic mass is 16.6. The van der Waals surface area contributed by atoms with Gasteiger partial charge in [0.2, 0.25) is 0 Å². The zero-order valence-electron chi connectivity index (χ0n) is 14.8. The molecule has 1 aliphatic carbocycles. The first-order valence-corrected chi connectivity index (χ1v) is 8.63. The van der Waals surface area contributed by atoms with Crippen LogP contribution in [-0.4, -0.2) is 24.3 Å². The van der Waals surface area contributed by atoms with Crippen LogP contribution >= 0.6 is 0 Å². The van der Waals surface area contributed by atoms with E-state index < -0.39 is 5.60 Å². The van der Waals surface area contributed by atoms with Crippen molar-refractivity contribution in [3.63, 3.8) is 0 Å². The summed E-state index contributed by atoms with van der Waals surface area (Å²) in [4.78, 5) is 12.1. The summed E-state index contributed by atoms with van der Waals surface area (Å²) in [6.45, 7) is 8.76. The minimum atomic E-state index is -0.482. The first-order valence-electron chi connectivity index (χ1n) is 8.63. The van der Waals surface area contributed by atoms with Gasteiger partial charge < -0.3 is 15.4 Å². The lowest BCUT2D eigenvalue weighted by Crippen LogP contribution is -2.37. The average molecular weight is 318 g/mol. The van der Waals surface area contributed by atoms with E-state index in [1.165, 1.54) is 12.8 Å². The standard InChI is InChI=1S/C19H30N2O2/c1-14(15-10-11-15)20-13-12-17(16-8-6-5-7-9-16)21-18(22)23-19(2,3)4/h5-9,14-15,17,20H,10-13H2,1-4H3,(H,21,22). The number of amides is 1.